The summed E-state index contributed by atoms with van der Waals surface area (Å²) in [6.45, 7) is 2.35. The summed E-state index contributed by atoms with van der Waals surface area (Å²) >= 11 is 0. The van der Waals surface area contributed by atoms with E-state index < -0.39 is 11.5 Å². The van der Waals surface area contributed by atoms with Crippen LogP contribution in [-0.2, 0) is 10.4 Å². The van der Waals surface area contributed by atoms with Crippen molar-refractivity contribution in [1.29, 1.82) is 0 Å². The van der Waals surface area contributed by atoms with E-state index in [2.05, 4.69) is 10.3 Å². The molecule has 1 aliphatic rings. The number of amides is 1. The van der Waals surface area contributed by atoms with Gasteiger partial charge in [-0.2, -0.15) is 0 Å². The van der Waals surface area contributed by atoms with Gasteiger partial charge in [-0.1, -0.05) is 18.2 Å². The van der Waals surface area contributed by atoms with E-state index in [0.29, 0.717) is 29.2 Å². The highest BCUT2D eigenvalue weighted by Crippen LogP contribution is 2.40. The minimum atomic E-state index is -1.73. The van der Waals surface area contributed by atoms with Gasteiger partial charge in [-0.15, -0.1) is 0 Å². The van der Waals surface area contributed by atoms with Crippen LogP contribution in [0.1, 0.15) is 18.1 Å². The number of benzene rings is 1. The highest BCUT2D eigenvalue weighted by molar-refractivity contribution is 6.07. The molecule has 1 aromatic carbocycles. The van der Waals surface area contributed by atoms with E-state index >= 15 is 0 Å². The molecule has 1 aliphatic heterocycles. The number of aromatic nitrogens is 1. The number of hydrogen-bond donors (Lipinski definition) is 2. The van der Waals surface area contributed by atoms with Crippen molar-refractivity contribution in [1.82, 2.24) is 4.98 Å². The molecule has 0 spiro atoms. The third-order valence-electron chi connectivity index (χ3n) is 3.34. The smallest absolute Gasteiger partial charge is 0.265 e. The van der Waals surface area contributed by atoms with E-state index in [0.717, 1.165) is 0 Å². The summed E-state index contributed by atoms with van der Waals surface area (Å²) in [7, 11) is 0. The fraction of sp³-hybridized carbons (Fsp3) is 0.200. The summed E-state index contributed by atoms with van der Waals surface area (Å²) in [6, 6.07) is 8.70. The van der Waals surface area contributed by atoms with E-state index in [9.17, 15) is 9.90 Å². The first-order valence-electron chi connectivity index (χ1n) is 6.38. The second-order valence-corrected chi connectivity index (χ2v) is 4.55. The van der Waals surface area contributed by atoms with Crippen molar-refractivity contribution in [2.24, 2.45) is 0 Å². The number of hydrogen-bond acceptors (Lipinski definition) is 4. The van der Waals surface area contributed by atoms with Crippen molar-refractivity contribution >= 4 is 11.6 Å². The maximum absolute atomic E-state index is 12.2. The lowest BCUT2D eigenvalue weighted by Crippen LogP contribution is -2.35. The second-order valence-electron chi connectivity index (χ2n) is 4.55. The van der Waals surface area contributed by atoms with Crippen LogP contribution < -0.4 is 10.1 Å². The molecule has 2 aromatic rings. The Morgan fingerprint density at radius 1 is 1.35 bits per heavy atom. The standard InChI is InChI=1S/C15H14N2O3/c1-2-20-11-7-10(8-16-9-11)15(19)12-5-3-4-6-13(12)17-14(15)18/h3-9,19H,2H2,1H3,(H,17,18). The van der Waals surface area contributed by atoms with Gasteiger partial charge in [-0.3, -0.25) is 9.78 Å². The summed E-state index contributed by atoms with van der Waals surface area (Å²) in [4.78, 5) is 16.2. The lowest BCUT2D eigenvalue weighted by molar-refractivity contribution is -0.129. The van der Waals surface area contributed by atoms with Crippen LogP contribution >= 0.6 is 0 Å². The molecule has 0 bridgehead atoms. The van der Waals surface area contributed by atoms with Crippen molar-refractivity contribution in [3.05, 3.63) is 53.9 Å². The number of nitrogens with zero attached hydrogens (tertiary/aromatic N) is 1. The number of rotatable bonds is 3. The quantitative estimate of drug-likeness (QED) is 0.890. The Hall–Kier alpha value is -2.40. The maximum Gasteiger partial charge on any atom is 0.265 e. The predicted molar refractivity (Wildman–Crippen MR) is 73.5 cm³/mol. The Morgan fingerprint density at radius 2 is 2.15 bits per heavy atom. The van der Waals surface area contributed by atoms with E-state index in [1.54, 1.807) is 36.5 Å². The van der Waals surface area contributed by atoms with Crippen LogP contribution in [0.2, 0.25) is 0 Å². The van der Waals surface area contributed by atoms with Crippen LogP contribution in [0.5, 0.6) is 5.75 Å². The number of anilines is 1. The SMILES string of the molecule is CCOc1cncc(C2(O)C(=O)Nc3ccccc32)c1. The van der Waals surface area contributed by atoms with Crippen LogP contribution in [0.15, 0.2) is 42.7 Å². The molecule has 1 aromatic heterocycles. The number of aliphatic hydroxyl groups is 1. The van der Waals surface area contributed by atoms with Gasteiger partial charge >= 0.3 is 0 Å². The zero-order chi connectivity index (χ0) is 14.2. The summed E-state index contributed by atoms with van der Waals surface area (Å²) in [6.07, 6.45) is 3.03. The molecule has 102 valence electrons. The third kappa shape index (κ3) is 1.75. The average Bonchev–Trinajstić information content (AvgIpc) is 2.73. The number of carbonyl (C=O) groups excluding carboxylic acids is 1. The second kappa shape index (κ2) is 4.61. The number of carbonyl (C=O) groups is 1. The molecule has 0 saturated heterocycles. The van der Waals surface area contributed by atoms with Gasteiger partial charge in [0.15, 0.2) is 5.60 Å². The molecule has 0 fully saturated rings. The maximum atomic E-state index is 12.2. The summed E-state index contributed by atoms with van der Waals surface area (Å²) < 4.78 is 5.37. The van der Waals surface area contributed by atoms with Gasteiger partial charge in [-0.25, -0.2) is 0 Å². The molecule has 1 unspecified atom stereocenters. The summed E-state index contributed by atoms with van der Waals surface area (Å²) in [5.41, 5.74) is -0.190. The van der Waals surface area contributed by atoms with Crippen LogP contribution in [0.3, 0.4) is 0 Å². The number of nitrogens with one attached hydrogen (secondary N) is 1. The number of fused-ring (bicyclic) bond motifs is 1. The number of pyridine rings is 1. The van der Waals surface area contributed by atoms with E-state index in [1.807, 2.05) is 6.92 Å². The molecule has 0 aliphatic carbocycles. The van der Waals surface area contributed by atoms with Gasteiger partial charge in [0, 0.05) is 23.0 Å². The van der Waals surface area contributed by atoms with Crippen molar-refractivity contribution in [2.45, 2.75) is 12.5 Å². The number of para-hydroxylation sites is 1. The minimum Gasteiger partial charge on any atom is -0.492 e. The normalized spacial score (nSPS) is 20.4. The lowest BCUT2D eigenvalue weighted by atomic mass is 9.88. The first kappa shape index (κ1) is 12.6. The van der Waals surface area contributed by atoms with Gasteiger partial charge < -0.3 is 15.2 Å². The molecule has 0 radical (unpaired) electrons. The third-order valence-corrected chi connectivity index (χ3v) is 3.34. The Labute approximate surface area is 116 Å². The van der Waals surface area contributed by atoms with Gasteiger partial charge in [0.25, 0.3) is 5.91 Å². The molecule has 3 rings (SSSR count). The molecule has 1 atom stereocenters. The van der Waals surface area contributed by atoms with Gasteiger partial charge in [-0.05, 0) is 19.1 Å². The molecule has 2 N–H and O–H groups in total. The van der Waals surface area contributed by atoms with Crippen LogP contribution in [0.25, 0.3) is 0 Å². The van der Waals surface area contributed by atoms with Crippen molar-refractivity contribution in [3.63, 3.8) is 0 Å². The fourth-order valence-electron chi connectivity index (χ4n) is 2.39. The zero-order valence-corrected chi connectivity index (χ0v) is 11.0. The van der Waals surface area contributed by atoms with Gasteiger partial charge in [0.05, 0.1) is 12.8 Å². The molecule has 5 heteroatoms. The fourth-order valence-corrected chi connectivity index (χ4v) is 2.39. The average molecular weight is 270 g/mol. The lowest BCUT2D eigenvalue weighted by Gasteiger charge is -2.21. The van der Waals surface area contributed by atoms with Crippen molar-refractivity contribution < 1.29 is 14.6 Å². The first-order chi connectivity index (χ1) is 9.66. The Bertz CT molecular complexity index is 672. The molecule has 0 saturated carbocycles. The van der Waals surface area contributed by atoms with E-state index in [-0.39, 0.29) is 0 Å². The summed E-state index contributed by atoms with van der Waals surface area (Å²) in [5, 5.41) is 13.5. The molecule has 2 heterocycles. The van der Waals surface area contributed by atoms with Crippen LogP contribution in [-0.4, -0.2) is 22.6 Å². The van der Waals surface area contributed by atoms with Gasteiger partial charge in [0.2, 0.25) is 0 Å². The van der Waals surface area contributed by atoms with E-state index in [1.165, 1.54) is 6.20 Å². The molecule has 20 heavy (non-hydrogen) atoms. The first-order valence-corrected chi connectivity index (χ1v) is 6.38. The predicted octanol–water partition coefficient (Wildman–Crippen LogP) is 1.67. The molecular weight excluding hydrogens is 256 g/mol. The topological polar surface area (TPSA) is 71.5 Å². The Morgan fingerprint density at radius 3 is 2.95 bits per heavy atom. The van der Waals surface area contributed by atoms with Crippen molar-refractivity contribution in [3.8, 4) is 5.75 Å². The summed E-state index contributed by atoms with van der Waals surface area (Å²) in [5.74, 6) is 0.0461. The zero-order valence-electron chi connectivity index (χ0n) is 11.0. The van der Waals surface area contributed by atoms with Crippen LogP contribution in [0, 0.1) is 0 Å². The Balaban J connectivity index is 2.12. The van der Waals surface area contributed by atoms with Crippen molar-refractivity contribution in [2.75, 3.05) is 11.9 Å². The molecule has 5 nitrogen and oxygen atoms in total. The molecule has 1 amide bonds. The minimum absolute atomic E-state index is 0.394. The highest BCUT2D eigenvalue weighted by atomic mass is 16.5. The number of ether oxygens (including phenoxy) is 1. The largest absolute Gasteiger partial charge is 0.492 e. The Kier molecular flexibility index (Phi) is 2.91. The van der Waals surface area contributed by atoms with Crippen LogP contribution in [0.4, 0.5) is 5.69 Å². The van der Waals surface area contributed by atoms with Gasteiger partial charge in [0.1, 0.15) is 5.75 Å². The van der Waals surface area contributed by atoms with E-state index in [4.69, 9.17) is 4.74 Å². The monoisotopic (exact) mass is 270 g/mol. The highest BCUT2D eigenvalue weighted by Gasteiger charge is 2.47. The molecular formula is C15H14N2O3.